The van der Waals surface area contributed by atoms with Gasteiger partial charge in [-0.3, -0.25) is 4.79 Å². The monoisotopic (exact) mass is 355 g/mol. The zero-order valence-corrected chi connectivity index (χ0v) is 17.7. The molecule has 0 aromatic carbocycles. The molecule has 5 nitrogen and oxygen atoms in total. The Kier molecular flexibility index (Phi) is 17.2. The first kappa shape index (κ1) is 25.4. The van der Waals surface area contributed by atoms with Crippen molar-refractivity contribution in [1.82, 2.24) is 4.90 Å². The van der Waals surface area contributed by atoms with Crippen molar-refractivity contribution in [3.8, 4) is 0 Å². The third kappa shape index (κ3) is 18.3. The summed E-state index contributed by atoms with van der Waals surface area (Å²) in [6, 6.07) is 0. The number of rotatable bonds is 13. The van der Waals surface area contributed by atoms with Gasteiger partial charge in [-0.25, -0.2) is 8.42 Å². The van der Waals surface area contributed by atoms with E-state index in [1.54, 1.807) is 0 Å². The van der Waals surface area contributed by atoms with Crippen molar-refractivity contribution in [2.75, 3.05) is 19.3 Å². The molecule has 0 aromatic heterocycles. The van der Waals surface area contributed by atoms with Gasteiger partial charge in [-0.2, -0.15) is 0 Å². The topological polar surface area (TPSA) is 77.5 Å². The average Bonchev–Trinajstić information content (AvgIpc) is 2.45. The average molecular weight is 355 g/mol. The minimum atomic E-state index is -4.26. The Labute approximate surface area is 163 Å². The van der Waals surface area contributed by atoms with Gasteiger partial charge in [-0.1, -0.05) is 57.9 Å². The smallest absolute Gasteiger partial charge is 0.748 e. The molecule has 0 saturated heterocycles. The molecule has 0 atom stereocenters. The molecule has 0 rings (SSSR count). The molecule has 0 bridgehead atoms. The summed E-state index contributed by atoms with van der Waals surface area (Å²) in [7, 11) is -2.77. The molecule has 0 fully saturated rings. The van der Waals surface area contributed by atoms with E-state index in [9.17, 15) is 17.8 Å². The van der Waals surface area contributed by atoms with Crippen LogP contribution in [0.3, 0.4) is 0 Å². The second kappa shape index (κ2) is 15.6. The van der Waals surface area contributed by atoms with E-state index in [4.69, 9.17) is 0 Å². The second-order valence-corrected chi connectivity index (χ2v) is 7.21. The second-order valence-electron chi connectivity index (χ2n) is 5.69. The molecular formula is C16H30NNaO4S. The summed E-state index contributed by atoms with van der Waals surface area (Å²) in [5.74, 6) is -0.801. The third-order valence-electron chi connectivity index (χ3n) is 3.54. The number of allylic oxidation sites excluding steroid dienone is 1. The molecule has 0 heterocycles. The molecule has 0 aromatic rings. The van der Waals surface area contributed by atoms with Crippen molar-refractivity contribution in [2.24, 2.45) is 0 Å². The normalized spacial score (nSPS) is 11.4. The van der Waals surface area contributed by atoms with Crippen LogP contribution in [0.1, 0.15) is 64.7 Å². The summed E-state index contributed by atoms with van der Waals surface area (Å²) in [6.07, 6.45) is 14.1. The molecule has 0 aliphatic carbocycles. The van der Waals surface area contributed by atoms with Crippen LogP contribution < -0.4 is 29.6 Å². The molecule has 0 aliphatic rings. The summed E-state index contributed by atoms with van der Waals surface area (Å²) in [5.41, 5.74) is 0. The third-order valence-corrected chi connectivity index (χ3v) is 4.22. The fourth-order valence-electron chi connectivity index (χ4n) is 2.07. The Morgan fingerprint density at radius 3 is 2.09 bits per heavy atom. The van der Waals surface area contributed by atoms with E-state index in [-0.39, 0.29) is 42.0 Å². The van der Waals surface area contributed by atoms with Crippen LogP contribution in [-0.4, -0.2) is 43.1 Å². The SMILES string of the molecule is CCCCCCCCCC/C=C/C(=O)N(C)CCS(=O)(=O)[O-].[Na+]. The quantitative estimate of drug-likeness (QED) is 0.203. The first-order valence-electron chi connectivity index (χ1n) is 8.22. The molecule has 130 valence electrons. The Bertz CT molecular complexity index is 424. The van der Waals surface area contributed by atoms with Crippen molar-refractivity contribution in [2.45, 2.75) is 64.7 Å². The van der Waals surface area contributed by atoms with Crippen molar-refractivity contribution >= 4 is 16.0 Å². The van der Waals surface area contributed by atoms with Crippen molar-refractivity contribution < 1.29 is 47.3 Å². The van der Waals surface area contributed by atoms with E-state index in [2.05, 4.69) is 6.92 Å². The Hall–Kier alpha value is 0.120. The minimum Gasteiger partial charge on any atom is -0.748 e. The molecule has 23 heavy (non-hydrogen) atoms. The van der Waals surface area contributed by atoms with Crippen LogP contribution in [-0.2, 0) is 14.9 Å². The number of amides is 1. The number of nitrogens with zero attached hydrogens (tertiary/aromatic N) is 1. The fourth-order valence-corrected chi connectivity index (χ4v) is 2.56. The van der Waals surface area contributed by atoms with Crippen molar-refractivity contribution in [3.63, 3.8) is 0 Å². The molecule has 0 saturated carbocycles. The van der Waals surface area contributed by atoms with E-state index >= 15 is 0 Å². The van der Waals surface area contributed by atoms with Gasteiger partial charge in [0.2, 0.25) is 5.91 Å². The van der Waals surface area contributed by atoms with Crippen molar-refractivity contribution in [3.05, 3.63) is 12.2 Å². The van der Waals surface area contributed by atoms with E-state index < -0.39 is 15.9 Å². The largest absolute Gasteiger partial charge is 1.00 e. The van der Waals surface area contributed by atoms with Crippen LogP contribution in [0.25, 0.3) is 0 Å². The van der Waals surface area contributed by atoms with Gasteiger partial charge in [0.15, 0.2) is 0 Å². The van der Waals surface area contributed by atoms with E-state index in [0.717, 1.165) is 12.8 Å². The number of hydrogen-bond donors (Lipinski definition) is 0. The van der Waals surface area contributed by atoms with E-state index in [1.165, 1.54) is 63.0 Å². The van der Waals surface area contributed by atoms with Crippen LogP contribution in [0.15, 0.2) is 12.2 Å². The predicted octanol–water partition coefficient (Wildman–Crippen LogP) is 0.0810. The van der Waals surface area contributed by atoms with Crippen LogP contribution in [0.4, 0.5) is 0 Å². The number of likely N-dealkylation sites (N-methyl/N-ethyl adjacent to an activating group) is 1. The number of hydrogen-bond acceptors (Lipinski definition) is 4. The summed E-state index contributed by atoms with van der Waals surface area (Å²) in [4.78, 5) is 12.9. The molecule has 0 unspecified atom stereocenters. The number of carbonyl (C=O) groups excluding carboxylic acids is 1. The maximum absolute atomic E-state index is 11.6. The molecular weight excluding hydrogens is 325 g/mol. The van der Waals surface area contributed by atoms with Crippen molar-refractivity contribution in [1.29, 1.82) is 0 Å². The van der Waals surface area contributed by atoms with Gasteiger partial charge in [-0.15, -0.1) is 0 Å². The van der Waals surface area contributed by atoms with E-state index in [1.807, 2.05) is 6.08 Å². The minimum absolute atomic E-state index is 0. The molecule has 7 heteroatoms. The van der Waals surface area contributed by atoms with Gasteiger partial charge in [0.05, 0.1) is 15.9 Å². The molecule has 0 aliphatic heterocycles. The summed E-state index contributed by atoms with van der Waals surface area (Å²) in [5, 5.41) is 0. The summed E-state index contributed by atoms with van der Waals surface area (Å²) in [6.45, 7) is 2.15. The van der Waals surface area contributed by atoms with Gasteiger partial charge >= 0.3 is 29.6 Å². The van der Waals surface area contributed by atoms with Gasteiger partial charge in [0.1, 0.15) is 0 Å². The summed E-state index contributed by atoms with van der Waals surface area (Å²) >= 11 is 0. The zero-order chi connectivity index (χ0) is 16.8. The van der Waals surface area contributed by atoms with Crippen LogP contribution in [0.5, 0.6) is 0 Å². The first-order valence-corrected chi connectivity index (χ1v) is 9.79. The first-order chi connectivity index (χ1) is 10.4. The van der Waals surface area contributed by atoms with Crippen LogP contribution >= 0.6 is 0 Å². The Morgan fingerprint density at radius 2 is 1.57 bits per heavy atom. The maximum atomic E-state index is 11.6. The Morgan fingerprint density at radius 1 is 1.04 bits per heavy atom. The van der Waals surface area contributed by atoms with E-state index in [0.29, 0.717) is 0 Å². The zero-order valence-electron chi connectivity index (χ0n) is 14.9. The summed E-state index contributed by atoms with van der Waals surface area (Å²) < 4.78 is 31.5. The Balaban J connectivity index is 0. The number of carbonyl (C=O) groups is 1. The number of unbranched alkanes of at least 4 members (excludes halogenated alkanes) is 8. The molecule has 0 N–H and O–H groups in total. The van der Waals surface area contributed by atoms with Crippen LogP contribution in [0.2, 0.25) is 0 Å². The van der Waals surface area contributed by atoms with Gasteiger partial charge in [0.25, 0.3) is 0 Å². The standard InChI is InChI=1S/C16H31NO4S.Na/c1-3-4-5-6-7-8-9-10-11-12-13-16(18)17(2)14-15-22(19,20)21;/h12-13H,3-11,14-15H2,1-2H3,(H,19,20,21);/q;+1/p-1/b13-12+;. The maximum Gasteiger partial charge on any atom is 1.00 e. The van der Waals surface area contributed by atoms with Crippen LogP contribution in [0, 0.1) is 0 Å². The fraction of sp³-hybridized carbons (Fsp3) is 0.812. The molecule has 0 spiro atoms. The molecule has 0 radical (unpaired) electrons. The van der Waals surface area contributed by atoms with Gasteiger partial charge < -0.3 is 9.45 Å². The van der Waals surface area contributed by atoms with Gasteiger partial charge in [0, 0.05) is 13.6 Å². The predicted molar refractivity (Wildman–Crippen MR) is 88.6 cm³/mol. The molecule has 1 amide bonds. The van der Waals surface area contributed by atoms with Gasteiger partial charge in [-0.05, 0) is 18.9 Å².